The molecule has 0 aliphatic rings. The molecule has 2 rings (SSSR count). The fourth-order valence-corrected chi connectivity index (χ4v) is 3.42. The van der Waals surface area contributed by atoms with Crippen LogP contribution in [0.4, 0.5) is 5.69 Å². The average Bonchev–Trinajstić information content (AvgIpc) is 2.59. The van der Waals surface area contributed by atoms with E-state index in [1.807, 2.05) is 20.8 Å². The summed E-state index contributed by atoms with van der Waals surface area (Å²) in [6, 6.07) is 11.8. The van der Waals surface area contributed by atoms with Crippen molar-refractivity contribution in [3.8, 4) is 0 Å². The van der Waals surface area contributed by atoms with Crippen LogP contribution in [-0.4, -0.2) is 32.9 Å². The van der Waals surface area contributed by atoms with Gasteiger partial charge in [-0.1, -0.05) is 18.2 Å². The van der Waals surface area contributed by atoms with Crippen LogP contribution in [0.5, 0.6) is 0 Å². The molecule has 0 saturated carbocycles. The third-order valence-corrected chi connectivity index (χ3v) is 4.83. The summed E-state index contributed by atoms with van der Waals surface area (Å²) in [5.74, 6) is -1.04. The van der Waals surface area contributed by atoms with Gasteiger partial charge >= 0.3 is 5.97 Å². The number of benzene rings is 2. The van der Waals surface area contributed by atoms with Gasteiger partial charge in [0.25, 0.3) is 15.9 Å². The second kappa shape index (κ2) is 7.79. The predicted octanol–water partition coefficient (Wildman–Crippen LogP) is 2.80. The summed E-state index contributed by atoms with van der Waals surface area (Å²) in [6.45, 7) is 5.49. The molecule has 144 valence electrons. The van der Waals surface area contributed by atoms with Crippen LogP contribution < -0.4 is 10.0 Å². The topological polar surface area (TPSA) is 102 Å². The third-order valence-electron chi connectivity index (χ3n) is 3.47. The van der Waals surface area contributed by atoms with E-state index in [4.69, 9.17) is 0 Å². The molecule has 8 heteroatoms. The molecule has 2 aromatic rings. The standard InChI is InChI=1S/C19H22N2O5S/c1-19(2,3)20-17(22)15-10-5-6-11-16(15)21-27(24,25)14-9-7-8-13(12-14)18(23)26-4/h5-12,21H,1-4H3,(H,20,22). The molecular formula is C19H22N2O5S. The number of carbonyl (C=O) groups excluding carboxylic acids is 2. The largest absolute Gasteiger partial charge is 0.465 e. The summed E-state index contributed by atoms with van der Waals surface area (Å²) in [7, 11) is -2.80. The Balaban J connectivity index is 2.37. The number of ether oxygens (including phenoxy) is 1. The Kier molecular flexibility index (Phi) is 5.90. The molecule has 2 aromatic carbocycles. The Bertz CT molecular complexity index is 962. The molecule has 2 N–H and O–H groups in total. The minimum Gasteiger partial charge on any atom is -0.465 e. The predicted molar refractivity (Wildman–Crippen MR) is 102 cm³/mol. The zero-order chi connectivity index (χ0) is 20.2. The maximum atomic E-state index is 12.7. The highest BCUT2D eigenvalue weighted by Gasteiger charge is 2.22. The molecule has 27 heavy (non-hydrogen) atoms. The van der Waals surface area contributed by atoms with E-state index >= 15 is 0 Å². The van der Waals surface area contributed by atoms with Crippen LogP contribution in [-0.2, 0) is 14.8 Å². The van der Waals surface area contributed by atoms with E-state index in [1.54, 1.807) is 12.1 Å². The van der Waals surface area contributed by atoms with Crippen LogP contribution in [0.2, 0.25) is 0 Å². The summed E-state index contributed by atoms with van der Waals surface area (Å²) in [5, 5.41) is 2.80. The smallest absolute Gasteiger partial charge is 0.337 e. The lowest BCUT2D eigenvalue weighted by Crippen LogP contribution is -2.40. The van der Waals surface area contributed by atoms with E-state index in [0.29, 0.717) is 0 Å². The van der Waals surface area contributed by atoms with Gasteiger partial charge in [0.2, 0.25) is 0 Å². The highest BCUT2D eigenvalue weighted by molar-refractivity contribution is 7.92. The second-order valence-corrected chi connectivity index (χ2v) is 8.56. The van der Waals surface area contributed by atoms with Crippen LogP contribution >= 0.6 is 0 Å². The van der Waals surface area contributed by atoms with E-state index in [2.05, 4.69) is 14.8 Å². The monoisotopic (exact) mass is 390 g/mol. The number of methoxy groups -OCH3 is 1. The second-order valence-electron chi connectivity index (χ2n) is 6.87. The maximum Gasteiger partial charge on any atom is 0.337 e. The van der Waals surface area contributed by atoms with Gasteiger partial charge in [0.1, 0.15) is 0 Å². The number of amides is 1. The van der Waals surface area contributed by atoms with Crippen molar-refractivity contribution in [2.24, 2.45) is 0 Å². The van der Waals surface area contributed by atoms with Crippen LogP contribution in [0.1, 0.15) is 41.5 Å². The summed E-state index contributed by atoms with van der Waals surface area (Å²) in [4.78, 5) is 24.0. The number of anilines is 1. The van der Waals surface area contributed by atoms with E-state index in [1.165, 1.54) is 43.5 Å². The molecule has 0 heterocycles. The molecular weight excluding hydrogens is 368 g/mol. The van der Waals surface area contributed by atoms with Crippen LogP contribution in [0, 0.1) is 0 Å². The number of para-hydroxylation sites is 1. The molecule has 7 nitrogen and oxygen atoms in total. The number of hydrogen-bond acceptors (Lipinski definition) is 5. The van der Waals surface area contributed by atoms with Gasteiger partial charge in [-0.05, 0) is 51.1 Å². The quantitative estimate of drug-likeness (QED) is 0.765. The summed E-state index contributed by atoms with van der Waals surface area (Å²) in [6.07, 6.45) is 0. The van der Waals surface area contributed by atoms with Gasteiger partial charge in [-0.25, -0.2) is 13.2 Å². The zero-order valence-electron chi connectivity index (χ0n) is 15.6. The van der Waals surface area contributed by atoms with Crippen molar-refractivity contribution in [1.29, 1.82) is 0 Å². The molecule has 0 saturated heterocycles. The first-order valence-corrected chi connectivity index (χ1v) is 9.64. The molecule has 1 amide bonds. The fourth-order valence-electron chi connectivity index (χ4n) is 2.29. The summed E-state index contributed by atoms with van der Waals surface area (Å²) >= 11 is 0. The number of nitrogens with one attached hydrogen (secondary N) is 2. The molecule has 0 aliphatic carbocycles. The van der Waals surface area contributed by atoms with Gasteiger partial charge < -0.3 is 10.1 Å². The normalized spacial score (nSPS) is 11.6. The Morgan fingerprint density at radius 2 is 1.67 bits per heavy atom. The first-order valence-electron chi connectivity index (χ1n) is 8.16. The van der Waals surface area contributed by atoms with E-state index in [0.717, 1.165) is 0 Å². The Morgan fingerprint density at radius 1 is 1.00 bits per heavy atom. The van der Waals surface area contributed by atoms with Gasteiger partial charge in [-0.3, -0.25) is 9.52 Å². The zero-order valence-corrected chi connectivity index (χ0v) is 16.4. The number of esters is 1. The average molecular weight is 390 g/mol. The molecule has 0 aliphatic heterocycles. The van der Waals surface area contributed by atoms with Crippen molar-refractivity contribution in [3.63, 3.8) is 0 Å². The lowest BCUT2D eigenvalue weighted by atomic mass is 10.1. The minimum absolute atomic E-state index is 0.110. The molecule has 0 radical (unpaired) electrons. The molecule has 0 bridgehead atoms. The Labute approximate surface area is 158 Å². The Hall–Kier alpha value is -2.87. The van der Waals surface area contributed by atoms with Crippen LogP contribution in [0.15, 0.2) is 53.4 Å². The molecule has 0 atom stereocenters. The number of hydrogen-bond donors (Lipinski definition) is 2. The number of sulfonamides is 1. The van der Waals surface area contributed by atoms with Gasteiger partial charge in [0, 0.05) is 5.54 Å². The lowest BCUT2D eigenvalue weighted by Gasteiger charge is -2.21. The van der Waals surface area contributed by atoms with Gasteiger partial charge in [0.15, 0.2) is 0 Å². The van der Waals surface area contributed by atoms with Gasteiger partial charge in [-0.15, -0.1) is 0 Å². The molecule has 0 unspecified atom stereocenters. The SMILES string of the molecule is COC(=O)c1cccc(S(=O)(=O)Nc2ccccc2C(=O)NC(C)(C)C)c1. The Morgan fingerprint density at radius 3 is 2.30 bits per heavy atom. The molecule has 0 aromatic heterocycles. The third kappa shape index (κ3) is 5.30. The fraction of sp³-hybridized carbons (Fsp3) is 0.263. The van der Waals surface area contributed by atoms with Crippen molar-refractivity contribution in [1.82, 2.24) is 5.32 Å². The number of carbonyl (C=O) groups is 2. The number of rotatable bonds is 5. The van der Waals surface area contributed by atoms with Crippen LogP contribution in [0.3, 0.4) is 0 Å². The molecule has 0 spiro atoms. The maximum absolute atomic E-state index is 12.7. The van der Waals surface area contributed by atoms with E-state index in [9.17, 15) is 18.0 Å². The van der Waals surface area contributed by atoms with Crippen molar-refractivity contribution < 1.29 is 22.7 Å². The van der Waals surface area contributed by atoms with Crippen molar-refractivity contribution in [2.45, 2.75) is 31.2 Å². The van der Waals surface area contributed by atoms with E-state index in [-0.39, 0.29) is 21.7 Å². The first-order chi connectivity index (χ1) is 12.5. The highest BCUT2D eigenvalue weighted by Crippen LogP contribution is 2.21. The van der Waals surface area contributed by atoms with Crippen molar-refractivity contribution >= 4 is 27.6 Å². The van der Waals surface area contributed by atoms with Gasteiger partial charge in [0.05, 0.1) is 28.8 Å². The highest BCUT2D eigenvalue weighted by atomic mass is 32.2. The summed E-state index contributed by atoms with van der Waals surface area (Å²) in [5.41, 5.74) is -0.0280. The van der Waals surface area contributed by atoms with E-state index < -0.39 is 27.4 Å². The van der Waals surface area contributed by atoms with Gasteiger partial charge in [-0.2, -0.15) is 0 Å². The minimum atomic E-state index is -4.02. The van der Waals surface area contributed by atoms with Crippen molar-refractivity contribution in [2.75, 3.05) is 11.8 Å². The van der Waals surface area contributed by atoms with Crippen molar-refractivity contribution in [3.05, 3.63) is 59.7 Å². The lowest BCUT2D eigenvalue weighted by molar-refractivity contribution is 0.0600. The first kappa shape index (κ1) is 20.4. The van der Waals surface area contributed by atoms with Crippen LogP contribution in [0.25, 0.3) is 0 Å². The summed E-state index contributed by atoms with van der Waals surface area (Å²) < 4.78 is 32.5. The molecule has 0 fully saturated rings.